The van der Waals surface area contributed by atoms with Crippen LogP contribution in [0.25, 0.3) is 0 Å². The molecule has 7 nitrogen and oxygen atoms in total. The van der Waals surface area contributed by atoms with E-state index in [4.69, 9.17) is 34.8 Å². The number of nitro benzene ring substituents is 2. The summed E-state index contributed by atoms with van der Waals surface area (Å²) in [7, 11) is 0. The lowest BCUT2D eigenvalue weighted by atomic mass is 10.1. The molecule has 0 saturated heterocycles. The van der Waals surface area contributed by atoms with Gasteiger partial charge in [0.15, 0.2) is 5.69 Å². The zero-order valence-corrected chi connectivity index (χ0v) is 15.9. The molecule has 2 aromatic carbocycles. The number of benzene rings is 2. The molecule has 0 heterocycles. The normalized spacial score (nSPS) is 12.0. The molecule has 2 rings (SSSR count). The number of rotatable bonds is 4. The van der Waals surface area contributed by atoms with Crippen molar-refractivity contribution in [2.75, 3.05) is 5.32 Å². The molecule has 162 valence electrons. The highest BCUT2D eigenvalue weighted by molar-refractivity contribution is 6.37. The molecule has 0 aliphatic rings. The van der Waals surface area contributed by atoms with Crippen LogP contribution in [0.3, 0.4) is 0 Å². The maximum absolute atomic E-state index is 13.3. The molecule has 0 saturated carbocycles. The Morgan fingerprint density at radius 2 is 1.33 bits per heavy atom. The van der Waals surface area contributed by atoms with Crippen LogP contribution in [0.1, 0.15) is 11.1 Å². The van der Waals surface area contributed by atoms with Crippen molar-refractivity contribution in [1.82, 2.24) is 0 Å². The number of nitrogens with one attached hydrogen (secondary N) is 1. The van der Waals surface area contributed by atoms with Gasteiger partial charge in [0.2, 0.25) is 0 Å². The Balaban J connectivity index is 2.92. The number of alkyl halides is 6. The van der Waals surface area contributed by atoms with E-state index in [-0.39, 0.29) is 6.07 Å². The van der Waals surface area contributed by atoms with E-state index in [0.717, 1.165) is 6.07 Å². The van der Waals surface area contributed by atoms with E-state index in [9.17, 15) is 46.6 Å². The standard InChI is InChI=1S/C14H4Cl3F6N3O4/c15-4-1-6(14(21,22)23)10(7(16)2-4)24-11-8(25(27)28)3-5(13(18,19)20)9(17)12(11)26(29)30/h1-3,24H. The summed E-state index contributed by atoms with van der Waals surface area (Å²) in [6, 6.07) is 0.998. The van der Waals surface area contributed by atoms with Gasteiger partial charge in [0.25, 0.3) is 0 Å². The highest BCUT2D eigenvalue weighted by Crippen LogP contribution is 2.50. The Hall–Kier alpha value is -2.51. The summed E-state index contributed by atoms with van der Waals surface area (Å²) in [5, 5.41) is 21.5. The second-order valence-corrected chi connectivity index (χ2v) is 6.65. The van der Waals surface area contributed by atoms with Gasteiger partial charge in [-0.05, 0) is 12.1 Å². The van der Waals surface area contributed by atoms with Gasteiger partial charge in [-0.3, -0.25) is 20.2 Å². The Morgan fingerprint density at radius 3 is 1.77 bits per heavy atom. The van der Waals surface area contributed by atoms with E-state index in [0.29, 0.717) is 6.07 Å². The van der Waals surface area contributed by atoms with Crippen LogP contribution in [-0.4, -0.2) is 9.85 Å². The van der Waals surface area contributed by atoms with Gasteiger partial charge in [-0.15, -0.1) is 0 Å². The second kappa shape index (κ2) is 7.96. The molecule has 0 spiro atoms. The van der Waals surface area contributed by atoms with Crippen LogP contribution in [0.5, 0.6) is 0 Å². The van der Waals surface area contributed by atoms with Crippen molar-refractivity contribution in [1.29, 1.82) is 0 Å². The maximum atomic E-state index is 13.3. The lowest BCUT2D eigenvalue weighted by molar-refractivity contribution is -0.392. The number of anilines is 2. The van der Waals surface area contributed by atoms with E-state index in [1.54, 1.807) is 5.32 Å². The monoisotopic (exact) mass is 497 g/mol. The molecule has 16 heteroatoms. The van der Waals surface area contributed by atoms with Crippen LogP contribution < -0.4 is 5.32 Å². The quantitative estimate of drug-likeness (QED) is 0.272. The van der Waals surface area contributed by atoms with E-state index < -0.39 is 71.1 Å². The molecule has 0 atom stereocenters. The van der Waals surface area contributed by atoms with Gasteiger partial charge >= 0.3 is 23.7 Å². The van der Waals surface area contributed by atoms with Crippen molar-refractivity contribution in [3.8, 4) is 0 Å². The zero-order chi connectivity index (χ0) is 23.2. The van der Waals surface area contributed by atoms with E-state index in [2.05, 4.69) is 0 Å². The number of nitrogens with zero attached hydrogens (tertiary/aromatic N) is 2. The molecule has 0 unspecified atom stereocenters. The number of hydrogen-bond donors (Lipinski definition) is 1. The van der Waals surface area contributed by atoms with Gasteiger partial charge in [-0.2, -0.15) is 26.3 Å². The third-order valence-corrected chi connectivity index (χ3v) is 4.41. The van der Waals surface area contributed by atoms with Gasteiger partial charge in [-0.25, -0.2) is 0 Å². The largest absolute Gasteiger partial charge is 0.418 e. The molecule has 0 amide bonds. The fraction of sp³-hybridized carbons (Fsp3) is 0.143. The Morgan fingerprint density at radius 1 is 0.800 bits per heavy atom. The van der Waals surface area contributed by atoms with Crippen LogP contribution in [0.2, 0.25) is 15.1 Å². The first kappa shape index (κ1) is 23.8. The number of nitro groups is 2. The summed E-state index contributed by atoms with van der Waals surface area (Å²) in [6.45, 7) is 0. The summed E-state index contributed by atoms with van der Waals surface area (Å²) in [5.41, 5.74) is -9.19. The van der Waals surface area contributed by atoms with Crippen molar-refractivity contribution in [3.63, 3.8) is 0 Å². The average molecular weight is 499 g/mol. The van der Waals surface area contributed by atoms with Crippen LogP contribution in [0.4, 0.5) is 49.1 Å². The molecule has 0 aromatic heterocycles. The van der Waals surface area contributed by atoms with Gasteiger partial charge in [0.05, 0.1) is 31.7 Å². The van der Waals surface area contributed by atoms with Gasteiger partial charge < -0.3 is 5.32 Å². The van der Waals surface area contributed by atoms with Gasteiger partial charge in [-0.1, -0.05) is 34.8 Å². The first-order valence-electron chi connectivity index (χ1n) is 7.11. The van der Waals surface area contributed by atoms with Crippen molar-refractivity contribution in [2.24, 2.45) is 0 Å². The first-order valence-corrected chi connectivity index (χ1v) is 8.24. The van der Waals surface area contributed by atoms with Crippen molar-refractivity contribution >= 4 is 57.6 Å². The highest BCUT2D eigenvalue weighted by atomic mass is 35.5. The molecular formula is C14H4Cl3F6N3O4. The first-order chi connectivity index (χ1) is 13.6. The van der Waals surface area contributed by atoms with E-state index in [1.165, 1.54) is 0 Å². The smallest absolute Gasteiger partial charge is 0.342 e. The topological polar surface area (TPSA) is 98.3 Å². The second-order valence-electron chi connectivity index (χ2n) is 5.43. The molecule has 1 N–H and O–H groups in total. The molecule has 0 aliphatic heterocycles. The van der Waals surface area contributed by atoms with Gasteiger partial charge in [0, 0.05) is 11.1 Å². The van der Waals surface area contributed by atoms with Crippen LogP contribution in [-0.2, 0) is 12.4 Å². The van der Waals surface area contributed by atoms with Crippen molar-refractivity contribution < 1.29 is 36.2 Å². The Bertz CT molecular complexity index is 1060. The minimum atomic E-state index is -5.33. The third kappa shape index (κ3) is 4.63. The molecule has 0 radical (unpaired) electrons. The molecule has 0 aliphatic carbocycles. The fourth-order valence-corrected chi connectivity index (χ4v) is 3.19. The SMILES string of the molecule is O=[N+]([O-])c1cc(C(F)(F)F)c(Cl)c([N+](=O)[O-])c1Nc1c(Cl)cc(Cl)cc1C(F)(F)F. The summed E-state index contributed by atoms with van der Waals surface area (Å²) in [5.74, 6) is 0. The zero-order valence-electron chi connectivity index (χ0n) is 13.7. The molecule has 30 heavy (non-hydrogen) atoms. The van der Waals surface area contributed by atoms with Crippen LogP contribution >= 0.6 is 34.8 Å². The van der Waals surface area contributed by atoms with Crippen molar-refractivity contribution in [3.05, 3.63) is 64.6 Å². The van der Waals surface area contributed by atoms with E-state index in [1.807, 2.05) is 0 Å². The highest BCUT2D eigenvalue weighted by Gasteiger charge is 2.43. The molecule has 0 bridgehead atoms. The minimum Gasteiger partial charge on any atom is -0.342 e. The van der Waals surface area contributed by atoms with E-state index >= 15 is 0 Å². The lowest BCUT2D eigenvalue weighted by Gasteiger charge is -2.18. The fourth-order valence-electron chi connectivity index (χ4n) is 2.33. The number of halogens is 9. The minimum absolute atomic E-state index is 0.144. The lowest BCUT2D eigenvalue weighted by Crippen LogP contribution is -2.13. The molecular weight excluding hydrogens is 495 g/mol. The maximum Gasteiger partial charge on any atom is 0.418 e. The van der Waals surface area contributed by atoms with Gasteiger partial charge in [0.1, 0.15) is 5.02 Å². The average Bonchev–Trinajstić information content (AvgIpc) is 2.54. The van der Waals surface area contributed by atoms with Crippen molar-refractivity contribution in [2.45, 2.75) is 12.4 Å². The predicted molar refractivity (Wildman–Crippen MR) is 94.5 cm³/mol. The summed E-state index contributed by atoms with van der Waals surface area (Å²) < 4.78 is 79.3. The molecule has 0 fully saturated rings. The van der Waals surface area contributed by atoms with Crippen LogP contribution in [0.15, 0.2) is 18.2 Å². The summed E-state index contributed by atoms with van der Waals surface area (Å²) in [6.07, 6.45) is -10.5. The Kier molecular flexibility index (Phi) is 6.31. The predicted octanol–water partition coefficient (Wildman–Crippen LogP) is 7.24. The molecule has 2 aromatic rings. The third-order valence-electron chi connectivity index (χ3n) is 3.51. The summed E-state index contributed by atoms with van der Waals surface area (Å²) >= 11 is 16.6. The van der Waals surface area contributed by atoms with Crippen LogP contribution in [0, 0.1) is 20.2 Å². The number of hydrogen-bond acceptors (Lipinski definition) is 5. The Labute approximate surface area is 176 Å². The summed E-state index contributed by atoms with van der Waals surface area (Å²) in [4.78, 5) is 19.6.